The summed E-state index contributed by atoms with van der Waals surface area (Å²) in [5, 5.41) is 3.44. The van der Waals surface area contributed by atoms with E-state index in [1.807, 2.05) is 18.2 Å². The fourth-order valence-electron chi connectivity index (χ4n) is 3.16. The number of benzene rings is 1. The van der Waals surface area contributed by atoms with Gasteiger partial charge in [-0.25, -0.2) is 0 Å². The molecule has 0 aromatic heterocycles. The van der Waals surface area contributed by atoms with Crippen molar-refractivity contribution >= 4 is 0 Å². The van der Waals surface area contributed by atoms with Crippen LogP contribution in [0.25, 0.3) is 0 Å². The minimum atomic E-state index is -4.15. The minimum absolute atomic E-state index is 0.0257. The van der Waals surface area contributed by atoms with Crippen molar-refractivity contribution in [2.24, 2.45) is 0 Å². The Bertz CT molecular complexity index is 459. The lowest BCUT2D eigenvalue weighted by atomic mass is 9.83. The maximum Gasteiger partial charge on any atom is 0.401 e. The summed E-state index contributed by atoms with van der Waals surface area (Å²) in [6.45, 7) is 2.02. The van der Waals surface area contributed by atoms with Gasteiger partial charge in [0.25, 0.3) is 0 Å². The smallest absolute Gasteiger partial charge is 0.309 e. The highest BCUT2D eigenvalue weighted by molar-refractivity contribution is 5.34. The Labute approximate surface area is 124 Å². The van der Waals surface area contributed by atoms with Crippen molar-refractivity contribution in [3.63, 3.8) is 0 Å². The van der Waals surface area contributed by atoms with Crippen LogP contribution in [0.2, 0.25) is 0 Å². The van der Waals surface area contributed by atoms with Gasteiger partial charge >= 0.3 is 6.18 Å². The maximum absolute atomic E-state index is 12.7. The second kappa shape index (κ2) is 6.79. The molecule has 0 radical (unpaired) electrons. The van der Waals surface area contributed by atoms with Gasteiger partial charge in [0.1, 0.15) is 0 Å². The monoisotopic (exact) mass is 300 g/mol. The van der Waals surface area contributed by atoms with E-state index in [0.717, 1.165) is 31.4 Å². The van der Waals surface area contributed by atoms with Crippen LogP contribution in [0.5, 0.6) is 0 Å². The first-order valence-corrected chi connectivity index (χ1v) is 7.50. The molecule has 1 aliphatic carbocycles. The number of likely N-dealkylation sites (N-methyl/N-ethyl adjacent to an activating group) is 1. The van der Waals surface area contributed by atoms with E-state index >= 15 is 0 Å². The first kappa shape index (κ1) is 16.3. The molecule has 1 N–H and O–H groups in total. The van der Waals surface area contributed by atoms with E-state index in [1.54, 1.807) is 7.05 Å². The lowest BCUT2D eigenvalue weighted by Crippen LogP contribution is -2.48. The van der Waals surface area contributed by atoms with E-state index in [-0.39, 0.29) is 12.1 Å². The Morgan fingerprint density at radius 2 is 2.00 bits per heavy atom. The van der Waals surface area contributed by atoms with Crippen molar-refractivity contribution < 1.29 is 13.2 Å². The first-order chi connectivity index (χ1) is 9.92. The molecule has 21 heavy (non-hydrogen) atoms. The van der Waals surface area contributed by atoms with Gasteiger partial charge in [-0.05, 0) is 44.0 Å². The average Bonchev–Trinajstić information content (AvgIpc) is 2.42. The number of alkyl halides is 3. The number of halogens is 3. The number of hydrogen-bond acceptors (Lipinski definition) is 2. The second-order valence-corrected chi connectivity index (χ2v) is 5.77. The molecular weight excluding hydrogens is 277 g/mol. The molecule has 0 amide bonds. The van der Waals surface area contributed by atoms with Gasteiger partial charge in [-0.1, -0.05) is 31.2 Å². The van der Waals surface area contributed by atoms with Gasteiger partial charge in [0.15, 0.2) is 0 Å². The van der Waals surface area contributed by atoms with Gasteiger partial charge in [-0.2, -0.15) is 13.2 Å². The second-order valence-electron chi connectivity index (χ2n) is 5.77. The Balaban J connectivity index is 2.20. The highest BCUT2D eigenvalue weighted by atomic mass is 19.4. The number of hydrogen-bond donors (Lipinski definition) is 1. The maximum atomic E-state index is 12.7. The van der Waals surface area contributed by atoms with Crippen LogP contribution in [0.4, 0.5) is 13.2 Å². The molecule has 0 bridgehead atoms. The van der Waals surface area contributed by atoms with Crippen molar-refractivity contribution in [1.82, 2.24) is 10.2 Å². The molecule has 2 rings (SSSR count). The zero-order chi connectivity index (χ0) is 15.5. The van der Waals surface area contributed by atoms with Crippen molar-refractivity contribution in [3.05, 3.63) is 35.4 Å². The largest absolute Gasteiger partial charge is 0.401 e. The standard InChI is InChI=1S/C16H23F3N2/c1-3-10-20-15-13-7-5-4-6-12(13)8-9-14(15)21(2)11-16(17,18)19/h4-7,14-15,20H,3,8-11H2,1-2H3. The van der Waals surface area contributed by atoms with Crippen LogP contribution in [0.3, 0.4) is 0 Å². The van der Waals surface area contributed by atoms with Gasteiger partial charge in [0.05, 0.1) is 6.54 Å². The Hall–Kier alpha value is -1.07. The molecule has 1 aromatic carbocycles. The molecule has 0 fully saturated rings. The molecule has 0 saturated heterocycles. The summed E-state index contributed by atoms with van der Waals surface area (Å²) in [7, 11) is 1.58. The van der Waals surface area contributed by atoms with Crippen LogP contribution in [0.15, 0.2) is 24.3 Å². The molecule has 2 unspecified atom stereocenters. The molecule has 5 heteroatoms. The Morgan fingerprint density at radius 1 is 1.29 bits per heavy atom. The number of rotatable bonds is 5. The summed E-state index contributed by atoms with van der Waals surface area (Å²) in [4.78, 5) is 1.45. The molecule has 0 saturated carbocycles. The fraction of sp³-hybridized carbons (Fsp3) is 0.625. The van der Waals surface area contributed by atoms with Crippen LogP contribution >= 0.6 is 0 Å². The lowest BCUT2D eigenvalue weighted by Gasteiger charge is -2.40. The SMILES string of the molecule is CCCNC1c2ccccc2CCC1N(C)CC(F)(F)F. The van der Waals surface area contributed by atoms with Crippen LogP contribution in [0.1, 0.15) is 36.9 Å². The molecule has 2 nitrogen and oxygen atoms in total. The van der Waals surface area contributed by atoms with Crippen molar-refractivity contribution in [3.8, 4) is 0 Å². The van der Waals surface area contributed by atoms with Gasteiger partial charge in [-0.15, -0.1) is 0 Å². The third-order valence-corrected chi connectivity index (χ3v) is 4.09. The van der Waals surface area contributed by atoms with Crippen molar-refractivity contribution in [2.45, 2.75) is 44.4 Å². The molecule has 1 aromatic rings. The average molecular weight is 300 g/mol. The molecule has 0 aliphatic heterocycles. The zero-order valence-corrected chi connectivity index (χ0v) is 12.6. The van der Waals surface area contributed by atoms with Crippen LogP contribution in [-0.2, 0) is 6.42 Å². The van der Waals surface area contributed by atoms with Crippen molar-refractivity contribution in [2.75, 3.05) is 20.1 Å². The fourth-order valence-corrected chi connectivity index (χ4v) is 3.16. The van der Waals surface area contributed by atoms with E-state index in [1.165, 1.54) is 10.5 Å². The predicted molar refractivity (Wildman–Crippen MR) is 78.3 cm³/mol. The van der Waals surface area contributed by atoms with Gasteiger partial charge in [0, 0.05) is 12.1 Å². The van der Waals surface area contributed by atoms with Crippen LogP contribution in [0, 0.1) is 0 Å². The van der Waals surface area contributed by atoms with E-state index in [2.05, 4.69) is 18.3 Å². The lowest BCUT2D eigenvalue weighted by molar-refractivity contribution is -0.149. The van der Waals surface area contributed by atoms with E-state index in [9.17, 15) is 13.2 Å². The molecule has 0 spiro atoms. The Kier molecular flexibility index (Phi) is 5.27. The molecular formula is C16H23F3N2. The molecule has 118 valence electrons. The number of nitrogens with one attached hydrogen (secondary N) is 1. The normalized spacial score (nSPS) is 22.4. The third kappa shape index (κ3) is 4.20. The first-order valence-electron chi connectivity index (χ1n) is 7.50. The predicted octanol–water partition coefficient (Wildman–Crippen LogP) is 3.54. The van der Waals surface area contributed by atoms with Gasteiger partial charge in [-0.3, -0.25) is 4.90 Å². The summed E-state index contributed by atoms with van der Waals surface area (Å²) in [6.07, 6.45) is -1.59. The summed E-state index contributed by atoms with van der Waals surface area (Å²) in [5.74, 6) is 0. The van der Waals surface area contributed by atoms with Crippen LogP contribution in [-0.4, -0.2) is 37.3 Å². The summed E-state index contributed by atoms with van der Waals surface area (Å²) >= 11 is 0. The van der Waals surface area contributed by atoms with E-state index < -0.39 is 12.7 Å². The summed E-state index contributed by atoms with van der Waals surface area (Å²) < 4.78 is 38.0. The number of aryl methyl sites for hydroxylation is 1. The minimum Gasteiger partial charge on any atom is -0.309 e. The van der Waals surface area contributed by atoms with E-state index in [0.29, 0.717) is 0 Å². The van der Waals surface area contributed by atoms with Gasteiger partial charge in [0.2, 0.25) is 0 Å². The zero-order valence-electron chi connectivity index (χ0n) is 12.6. The quantitative estimate of drug-likeness (QED) is 0.895. The topological polar surface area (TPSA) is 15.3 Å². The third-order valence-electron chi connectivity index (χ3n) is 4.09. The number of nitrogens with zero attached hydrogens (tertiary/aromatic N) is 1. The molecule has 1 aliphatic rings. The highest BCUT2D eigenvalue weighted by Crippen LogP contribution is 2.33. The highest BCUT2D eigenvalue weighted by Gasteiger charge is 2.37. The summed E-state index contributed by atoms with van der Waals surface area (Å²) in [6, 6.07) is 7.93. The Morgan fingerprint density at radius 3 is 2.67 bits per heavy atom. The molecule has 0 heterocycles. The van der Waals surface area contributed by atoms with Crippen LogP contribution < -0.4 is 5.32 Å². The van der Waals surface area contributed by atoms with Gasteiger partial charge < -0.3 is 5.32 Å². The van der Waals surface area contributed by atoms with E-state index in [4.69, 9.17) is 0 Å². The summed E-state index contributed by atoms with van der Waals surface area (Å²) in [5.41, 5.74) is 2.40. The molecule has 2 atom stereocenters. The number of fused-ring (bicyclic) bond motifs is 1. The van der Waals surface area contributed by atoms with Crippen molar-refractivity contribution in [1.29, 1.82) is 0 Å².